The van der Waals surface area contributed by atoms with Crippen LogP contribution in [0, 0.1) is 20.8 Å². The number of nitrogens with two attached hydrogens (primary N) is 1. The second-order valence-electron chi connectivity index (χ2n) is 4.57. The highest BCUT2D eigenvalue weighted by Gasteiger charge is 2.36. The zero-order chi connectivity index (χ0) is 11.2. The van der Waals surface area contributed by atoms with Gasteiger partial charge in [0, 0.05) is 12.0 Å². The molecule has 1 aromatic rings. The van der Waals surface area contributed by atoms with Crippen LogP contribution in [0.3, 0.4) is 0 Å². The minimum absolute atomic E-state index is 0.371. The maximum absolute atomic E-state index is 5.91. The van der Waals surface area contributed by atoms with Crippen molar-refractivity contribution in [1.82, 2.24) is 0 Å². The van der Waals surface area contributed by atoms with Crippen molar-refractivity contribution < 1.29 is 4.74 Å². The molecule has 0 aliphatic heterocycles. The number of benzene rings is 1. The predicted molar refractivity (Wildman–Crippen MR) is 62.5 cm³/mol. The molecule has 15 heavy (non-hydrogen) atoms. The Kier molecular flexibility index (Phi) is 2.47. The highest BCUT2D eigenvalue weighted by atomic mass is 16.5. The highest BCUT2D eigenvalue weighted by molar-refractivity contribution is 5.51. The van der Waals surface area contributed by atoms with Crippen LogP contribution in [0.25, 0.3) is 0 Å². The van der Waals surface area contributed by atoms with Crippen molar-refractivity contribution in [2.75, 3.05) is 7.11 Å². The third kappa shape index (κ3) is 1.63. The number of ether oxygens (including phenoxy) is 1. The fourth-order valence-electron chi connectivity index (χ4n) is 2.36. The van der Waals surface area contributed by atoms with Crippen LogP contribution >= 0.6 is 0 Å². The molecule has 0 radical (unpaired) electrons. The van der Waals surface area contributed by atoms with Crippen molar-refractivity contribution in [3.63, 3.8) is 0 Å². The van der Waals surface area contributed by atoms with Gasteiger partial charge in [-0.3, -0.25) is 0 Å². The Balaban J connectivity index is 2.50. The molecule has 2 unspecified atom stereocenters. The number of rotatable bonds is 2. The van der Waals surface area contributed by atoms with Crippen LogP contribution in [0.4, 0.5) is 0 Å². The van der Waals surface area contributed by atoms with Crippen LogP contribution in [0.15, 0.2) is 6.07 Å². The van der Waals surface area contributed by atoms with Crippen LogP contribution in [-0.2, 0) is 0 Å². The van der Waals surface area contributed by atoms with Gasteiger partial charge in [-0.05, 0) is 49.4 Å². The Morgan fingerprint density at radius 3 is 2.33 bits per heavy atom. The molecule has 0 amide bonds. The van der Waals surface area contributed by atoms with Crippen molar-refractivity contribution in [3.05, 3.63) is 28.3 Å². The fraction of sp³-hybridized carbons (Fsp3) is 0.538. The monoisotopic (exact) mass is 205 g/mol. The van der Waals surface area contributed by atoms with Gasteiger partial charge in [-0.15, -0.1) is 0 Å². The van der Waals surface area contributed by atoms with Crippen LogP contribution in [-0.4, -0.2) is 13.2 Å². The zero-order valence-electron chi connectivity index (χ0n) is 9.92. The van der Waals surface area contributed by atoms with Gasteiger partial charge in [-0.25, -0.2) is 0 Å². The van der Waals surface area contributed by atoms with E-state index in [-0.39, 0.29) is 0 Å². The Labute approximate surface area is 91.4 Å². The number of methoxy groups -OCH3 is 1. The topological polar surface area (TPSA) is 35.2 Å². The average molecular weight is 205 g/mol. The summed E-state index contributed by atoms with van der Waals surface area (Å²) in [7, 11) is 1.73. The zero-order valence-corrected chi connectivity index (χ0v) is 9.92. The molecule has 1 aromatic carbocycles. The summed E-state index contributed by atoms with van der Waals surface area (Å²) in [4.78, 5) is 0. The van der Waals surface area contributed by atoms with E-state index in [9.17, 15) is 0 Å². The van der Waals surface area contributed by atoms with E-state index in [1.165, 1.54) is 22.3 Å². The minimum Gasteiger partial charge on any atom is -0.496 e. The summed E-state index contributed by atoms with van der Waals surface area (Å²) in [6, 6.07) is 2.61. The van der Waals surface area contributed by atoms with Crippen LogP contribution in [0.1, 0.15) is 34.6 Å². The van der Waals surface area contributed by atoms with Crippen LogP contribution in [0.5, 0.6) is 5.75 Å². The summed E-state index contributed by atoms with van der Waals surface area (Å²) in [5, 5.41) is 0. The summed E-state index contributed by atoms with van der Waals surface area (Å²) in [6.07, 6.45) is 1.13. The molecule has 0 saturated heterocycles. The third-order valence-electron chi connectivity index (χ3n) is 3.51. The highest BCUT2D eigenvalue weighted by Crippen LogP contribution is 2.43. The third-order valence-corrected chi connectivity index (χ3v) is 3.51. The van der Waals surface area contributed by atoms with Gasteiger partial charge < -0.3 is 10.5 Å². The molecular formula is C13H19NO. The average Bonchev–Trinajstić information content (AvgIpc) is 2.90. The van der Waals surface area contributed by atoms with E-state index in [1.54, 1.807) is 7.11 Å². The van der Waals surface area contributed by atoms with Crippen molar-refractivity contribution in [3.8, 4) is 5.75 Å². The Bertz CT molecular complexity index is 398. The molecule has 0 bridgehead atoms. The van der Waals surface area contributed by atoms with Gasteiger partial charge in [0.25, 0.3) is 0 Å². The normalized spacial score (nSPS) is 24.1. The second kappa shape index (κ2) is 3.53. The van der Waals surface area contributed by atoms with Gasteiger partial charge in [0.05, 0.1) is 7.11 Å². The first-order chi connectivity index (χ1) is 7.06. The Hall–Kier alpha value is -1.02. The molecule has 2 heteroatoms. The van der Waals surface area contributed by atoms with Crippen LogP contribution < -0.4 is 10.5 Å². The van der Waals surface area contributed by atoms with E-state index >= 15 is 0 Å². The molecule has 2 nitrogen and oxygen atoms in total. The lowest BCUT2D eigenvalue weighted by Crippen LogP contribution is -2.04. The van der Waals surface area contributed by atoms with Gasteiger partial charge in [-0.1, -0.05) is 6.07 Å². The first-order valence-corrected chi connectivity index (χ1v) is 5.46. The first-order valence-electron chi connectivity index (χ1n) is 5.46. The number of hydrogen-bond donors (Lipinski definition) is 1. The molecule has 1 saturated carbocycles. The molecule has 1 aliphatic rings. The molecule has 0 heterocycles. The van der Waals surface area contributed by atoms with Gasteiger partial charge in [0.1, 0.15) is 5.75 Å². The summed E-state index contributed by atoms with van der Waals surface area (Å²) >= 11 is 0. The van der Waals surface area contributed by atoms with Crippen molar-refractivity contribution in [2.45, 2.75) is 39.2 Å². The smallest absolute Gasteiger partial charge is 0.124 e. The summed E-state index contributed by atoms with van der Waals surface area (Å²) in [5.41, 5.74) is 11.1. The molecular weight excluding hydrogens is 186 g/mol. The van der Waals surface area contributed by atoms with E-state index in [4.69, 9.17) is 10.5 Å². The summed E-state index contributed by atoms with van der Waals surface area (Å²) in [6.45, 7) is 6.39. The van der Waals surface area contributed by atoms with Crippen molar-refractivity contribution in [1.29, 1.82) is 0 Å². The molecule has 2 atom stereocenters. The molecule has 2 rings (SSSR count). The first kappa shape index (κ1) is 10.5. The Morgan fingerprint density at radius 1 is 1.27 bits per heavy atom. The standard InChI is InChI=1S/C13H19NO/c1-7-5-10(11-6-12(11)14)8(2)9(3)13(7)15-4/h5,11-12H,6,14H2,1-4H3. The quantitative estimate of drug-likeness (QED) is 0.804. The molecule has 1 fully saturated rings. The SMILES string of the molecule is COc1c(C)cc(C2CC2N)c(C)c1C. The molecule has 2 N–H and O–H groups in total. The number of aryl methyl sites for hydroxylation is 1. The second-order valence-corrected chi connectivity index (χ2v) is 4.57. The molecule has 82 valence electrons. The molecule has 0 aromatic heterocycles. The lowest BCUT2D eigenvalue weighted by Gasteiger charge is -2.15. The van der Waals surface area contributed by atoms with E-state index in [0.29, 0.717) is 12.0 Å². The van der Waals surface area contributed by atoms with Crippen molar-refractivity contribution in [2.24, 2.45) is 5.73 Å². The van der Waals surface area contributed by atoms with E-state index in [2.05, 4.69) is 26.8 Å². The molecule has 0 spiro atoms. The molecule has 1 aliphatic carbocycles. The fourth-order valence-corrected chi connectivity index (χ4v) is 2.36. The lowest BCUT2D eigenvalue weighted by molar-refractivity contribution is 0.408. The summed E-state index contributed by atoms with van der Waals surface area (Å²) < 4.78 is 5.41. The number of hydrogen-bond acceptors (Lipinski definition) is 2. The summed E-state index contributed by atoms with van der Waals surface area (Å²) in [5.74, 6) is 1.60. The minimum atomic E-state index is 0.371. The predicted octanol–water partition coefficient (Wildman–Crippen LogP) is 2.44. The van der Waals surface area contributed by atoms with Crippen molar-refractivity contribution >= 4 is 0 Å². The van der Waals surface area contributed by atoms with Gasteiger partial charge in [0.15, 0.2) is 0 Å². The van der Waals surface area contributed by atoms with Gasteiger partial charge in [-0.2, -0.15) is 0 Å². The van der Waals surface area contributed by atoms with E-state index < -0.39 is 0 Å². The van der Waals surface area contributed by atoms with Gasteiger partial charge in [0.2, 0.25) is 0 Å². The lowest BCUT2D eigenvalue weighted by atomic mass is 9.95. The maximum atomic E-state index is 5.91. The van der Waals surface area contributed by atoms with Crippen LogP contribution in [0.2, 0.25) is 0 Å². The van der Waals surface area contributed by atoms with E-state index in [0.717, 1.165) is 12.2 Å². The maximum Gasteiger partial charge on any atom is 0.124 e. The van der Waals surface area contributed by atoms with Gasteiger partial charge >= 0.3 is 0 Å². The Morgan fingerprint density at radius 2 is 1.87 bits per heavy atom. The largest absolute Gasteiger partial charge is 0.496 e. The van der Waals surface area contributed by atoms with E-state index in [1.807, 2.05) is 0 Å².